The van der Waals surface area contributed by atoms with Gasteiger partial charge in [0.1, 0.15) is 23.5 Å². The highest BCUT2D eigenvalue weighted by Gasteiger charge is 2.20. The average molecular weight is 613 g/mol. The van der Waals surface area contributed by atoms with Crippen LogP contribution in [0.5, 0.6) is 0 Å². The van der Waals surface area contributed by atoms with Crippen LogP contribution in [0.2, 0.25) is 0 Å². The zero-order valence-electron chi connectivity index (χ0n) is 25.5. The SMILES string of the molecule is N#Cc1cc(-c2cccc(-c3c4ccccc4c(-c4cccc(-c5ccnc(C#N)c5)n4)c4cc(-c5ccccc5)ccc34)n2)ccn1. The van der Waals surface area contributed by atoms with E-state index in [0.29, 0.717) is 11.4 Å². The third kappa shape index (κ3) is 5.10. The fraction of sp³-hybridized carbons (Fsp3) is 0. The number of nitriles is 2. The molecule has 0 fully saturated rings. The molecule has 0 aliphatic rings. The molecule has 0 bridgehead atoms. The van der Waals surface area contributed by atoms with E-state index in [1.807, 2.05) is 66.7 Å². The number of hydrogen-bond acceptors (Lipinski definition) is 6. The molecule has 4 heterocycles. The molecule has 6 heteroatoms. The topological polar surface area (TPSA) is 99.1 Å². The molecule has 8 rings (SSSR count). The maximum Gasteiger partial charge on any atom is 0.141 e. The molecule has 0 aliphatic heterocycles. The summed E-state index contributed by atoms with van der Waals surface area (Å²) in [5.74, 6) is 0. The van der Waals surface area contributed by atoms with Crippen LogP contribution in [-0.4, -0.2) is 19.9 Å². The molecule has 0 radical (unpaired) electrons. The summed E-state index contributed by atoms with van der Waals surface area (Å²) in [4.78, 5) is 18.6. The van der Waals surface area contributed by atoms with Crippen LogP contribution in [0.4, 0.5) is 0 Å². The fourth-order valence-electron chi connectivity index (χ4n) is 6.31. The van der Waals surface area contributed by atoms with Crippen molar-refractivity contribution in [2.45, 2.75) is 0 Å². The third-order valence-corrected chi connectivity index (χ3v) is 8.48. The lowest BCUT2D eigenvalue weighted by atomic mass is 9.87. The van der Waals surface area contributed by atoms with Crippen LogP contribution < -0.4 is 0 Å². The largest absolute Gasteiger partial charge is 0.248 e. The molecular formula is C42H24N6. The van der Waals surface area contributed by atoms with Crippen LogP contribution in [0.3, 0.4) is 0 Å². The van der Waals surface area contributed by atoms with Gasteiger partial charge in [-0.25, -0.2) is 19.9 Å². The monoisotopic (exact) mass is 612 g/mol. The smallest absolute Gasteiger partial charge is 0.141 e. The van der Waals surface area contributed by atoms with Crippen molar-refractivity contribution in [3.05, 3.63) is 157 Å². The van der Waals surface area contributed by atoms with E-state index in [1.54, 1.807) is 24.5 Å². The minimum Gasteiger partial charge on any atom is -0.248 e. The lowest BCUT2D eigenvalue weighted by Gasteiger charge is -2.18. The Kier molecular flexibility index (Phi) is 7.15. The Morgan fingerprint density at radius 1 is 0.375 bits per heavy atom. The van der Waals surface area contributed by atoms with Crippen molar-refractivity contribution in [3.8, 4) is 68.3 Å². The van der Waals surface area contributed by atoms with E-state index in [4.69, 9.17) is 9.97 Å². The minimum atomic E-state index is 0.345. The van der Waals surface area contributed by atoms with Gasteiger partial charge in [0, 0.05) is 34.6 Å². The van der Waals surface area contributed by atoms with Crippen molar-refractivity contribution in [2.24, 2.45) is 0 Å². The first-order valence-electron chi connectivity index (χ1n) is 15.4. The molecule has 0 N–H and O–H groups in total. The highest BCUT2D eigenvalue weighted by atomic mass is 14.7. The van der Waals surface area contributed by atoms with Crippen LogP contribution in [0.1, 0.15) is 11.4 Å². The highest BCUT2D eigenvalue weighted by molar-refractivity contribution is 6.21. The molecule has 0 aliphatic carbocycles. The molecule has 8 aromatic rings. The molecule has 0 saturated carbocycles. The highest BCUT2D eigenvalue weighted by Crippen LogP contribution is 2.44. The predicted octanol–water partition coefficient (Wildman–Crippen LogP) is 9.65. The zero-order chi connectivity index (χ0) is 32.5. The van der Waals surface area contributed by atoms with Crippen molar-refractivity contribution in [3.63, 3.8) is 0 Å². The van der Waals surface area contributed by atoms with Crippen molar-refractivity contribution in [1.82, 2.24) is 19.9 Å². The van der Waals surface area contributed by atoms with Crippen molar-refractivity contribution >= 4 is 21.5 Å². The minimum absolute atomic E-state index is 0.345. The quantitative estimate of drug-likeness (QED) is 0.179. The molecule has 0 saturated heterocycles. The molecule has 6 nitrogen and oxygen atoms in total. The first-order valence-corrected chi connectivity index (χ1v) is 15.4. The van der Waals surface area contributed by atoms with Crippen LogP contribution >= 0.6 is 0 Å². The van der Waals surface area contributed by atoms with Gasteiger partial charge in [0.05, 0.1) is 22.8 Å². The lowest BCUT2D eigenvalue weighted by molar-refractivity contribution is 1.25. The van der Waals surface area contributed by atoms with Crippen molar-refractivity contribution in [2.75, 3.05) is 0 Å². The Morgan fingerprint density at radius 2 is 0.875 bits per heavy atom. The summed E-state index contributed by atoms with van der Waals surface area (Å²) in [6.07, 6.45) is 3.28. The van der Waals surface area contributed by atoms with Crippen molar-refractivity contribution < 1.29 is 0 Å². The maximum atomic E-state index is 9.47. The summed E-state index contributed by atoms with van der Waals surface area (Å²) >= 11 is 0. The molecule has 0 amide bonds. The van der Waals surface area contributed by atoms with Gasteiger partial charge in [-0.05, 0) is 87.3 Å². The molecule has 48 heavy (non-hydrogen) atoms. The Hall–Kier alpha value is -7.02. The normalized spacial score (nSPS) is 10.9. The average Bonchev–Trinajstić information content (AvgIpc) is 3.17. The van der Waals surface area contributed by atoms with Gasteiger partial charge >= 0.3 is 0 Å². The summed E-state index contributed by atoms with van der Waals surface area (Å²) in [7, 11) is 0. The Morgan fingerprint density at radius 3 is 1.44 bits per heavy atom. The fourth-order valence-corrected chi connectivity index (χ4v) is 6.31. The van der Waals surface area contributed by atoms with Gasteiger partial charge in [-0.15, -0.1) is 0 Å². The number of hydrogen-bond donors (Lipinski definition) is 0. The predicted molar refractivity (Wildman–Crippen MR) is 189 cm³/mol. The van der Waals surface area contributed by atoms with Gasteiger partial charge in [-0.2, -0.15) is 10.5 Å². The summed E-state index contributed by atoms with van der Waals surface area (Å²) < 4.78 is 0. The van der Waals surface area contributed by atoms with Crippen molar-refractivity contribution in [1.29, 1.82) is 10.5 Å². The zero-order valence-corrected chi connectivity index (χ0v) is 25.5. The Balaban J connectivity index is 1.42. The summed E-state index contributed by atoms with van der Waals surface area (Å²) in [6.45, 7) is 0. The molecular weight excluding hydrogens is 589 g/mol. The van der Waals surface area contributed by atoms with E-state index in [2.05, 4.69) is 76.7 Å². The Bertz CT molecular complexity index is 2600. The molecule has 4 aromatic carbocycles. The number of benzene rings is 4. The first-order chi connectivity index (χ1) is 23.7. The number of fused-ring (bicyclic) bond motifs is 2. The number of pyridine rings is 4. The van der Waals surface area contributed by atoms with E-state index in [9.17, 15) is 10.5 Å². The van der Waals surface area contributed by atoms with E-state index < -0.39 is 0 Å². The summed E-state index contributed by atoms with van der Waals surface area (Å²) in [5, 5.41) is 23.1. The second kappa shape index (κ2) is 12.1. The van der Waals surface area contributed by atoms with Crippen LogP contribution in [0.15, 0.2) is 146 Å². The molecule has 4 aromatic heterocycles. The molecule has 222 valence electrons. The first kappa shape index (κ1) is 28.5. The number of aromatic nitrogens is 4. The van der Waals surface area contributed by atoms with Crippen LogP contribution in [0.25, 0.3) is 77.7 Å². The summed E-state index contributed by atoms with van der Waals surface area (Å²) in [5.41, 5.74) is 9.77. The number of nitrogens with zero attached hydrogens (tertiary/aromatic N) is 6. The van der Waals surface area contributed by atoms with Gasteiger partial charge in [0.15, 0.2) is 0 Å². The van der Waals surface area contributed by atoms with Gasteiger partial charge in [-0.1, -0.05) is 78.9 Å². The lowest BCUT2D eigenvalue weighted by Crippen LogP contribution is -1.96. The number of rotatable bonds is 5. The van der Waals surface area contributed by atoms with Gasteiger partial charge < -0.3 is 0 Å². The molecule has 0 spiro atoms. The standard InChI is InChI=1S/C42H24N6/c43-25-31-22-29(18-20-45-31)37-12-6-14-39(47-37)41-33-10-4-5-11-34(33)42(36-24-28(16-17-35(36)41)27-8-2-1-3-9-27)40-15-7-13-38(48-40)30-19-21-46-32(23-30)26-44/h1-24H. The van der Waals surface area contributed by atoms with Crippen LogP contribution in [0, 0.1) is 22.7 Å². The van der Waals surface area contributed by atoms with E-state index in [1.165, 1.54) is 0 Å². The maximum absolute atomic E-state index is 9.47. The van der Waals surface area contributed by atoms with Crippen LogP contribution in [-0.2, 0) is 0 Å². The van der Waals surface area contributed by atoms with E-state index in [-0.39, 0.29) is 0 Å². The van der Waals surface area contributed by atoms with Gasteiger partial charge in [0.2, 0.25) is 0 Å². The van der Waals surface area contributed by atoms with Gasteiger partial charge in [0.25, 0.3) is 0 Å². The Labute approximate surface area is 276 Å². The van der Waals surface area contributed by atoms with Gasteiger partial charge in [-0.3, -0.25) is 0 Å². The molecule has 0 atom stereocenters. The second-order valence-electron chi connectivity index (χ2n) is 11.3. The van der Waals surface area contributed by atoms with E-state index in [0.717, 1.165) is 77.7 Å². The molecule has 0 unspecified atom stereocenters. The summed E-state index contributed by atoms with van der Waals surface area (Å²) in [6, 6.07) is 48.9. The van der Waals surface area contributed by atoms with E-state index >= 15 is 0 Å². The second-order valence-corrected chi connectivity index (χ2v) is 11.3. The third-order valence-electron chi connectivity index (χ3n) is 8.48.